The minimum absolute atomic E-state index is 0.126. The molecule has 2 saturated heterocycles. The van der Waals surface area contributed by atoms with E-state index in [1.54, 1.807) is 10.5 Å². The van der Waals surface area contributed by atoms with Gasteiger partial charge in [0.05, 0.1) is 24.9 Å². The van der Waals surface area contributed by atoms with Crippen molar-refractivity contribution in [2.24, 2.45) is 0 Å². The Morgan fingerprint density at radius 1 is 1.25 bits per heavy atom. The van der Waals surface area contributed by atoms with Crippen molar-refractivity contribution in [3.05, 3.63) is 18.0 Å². The predicted molar refractivity (Wildman–Crippen MR) is 73.2 cm³/mol. The van der Waals surface area contributed by atoms with Gasteiger partial charge in [0.1, 0.15) is 0 Å². The number of hydrogen-bond acceptors (Lipinski definition) is 4. The summed E-state index contributed by atoms with van der Waals surface area (Å²) in [6.07, 6.45) is 4.46. The highest BCUT2D eigenvalue weighted by molar-refractivity contribution is 7.86. The summed E-state index contributed by atoms with van der Waals surface area (Å²) < 4.78 is 34.0. The van der Waals surface area contributed by atoms with E-state index in [2.05, 4.69) is 10.2 Å². The Labute approximate surface area is 119 Å². The molecule has 0 bridgehead atoms. The van der Waals surface area contributed by atoms with E-state index in [0.717, 1.165) is 25.0 Å². The third kappa shape index (κ3) is 2.60. The van der Waals surface area contributed by atoms with E-state index in [1.807, 2.05) is 6.07 Å². The lowest BCUT2D eigenvalue weighted by Gasteiger charge is -2.38. The number of hydrogen-bond donors (Lipinski definition) is 1. The molecule has 1 N–H and O–H groups in total. The van der Waals surface area contributed by atoms with Crippen molar-refractivity contribution < 1.29 is 13.2 Å². The molecule has 1 atom stereocenters. The molecule has 7 nitrogen and oxygen atoms in total. The Morgan fingerprint density at radius 3 is 2.75 bits per heavy atom. The van der Waals surface area contributed by atoms with E-state index >= 15 is 0 Å². The van der Waals surface area contributed by atoms with Crippen molar-refractivity contribution >= 4 is 10.2 Å². The molecule has 1 aromatic heterocycles. The zero-order valence-corrected chi connectivity index (χ0v) is 12.2. The largest absolute Gasteiger partial charge is 0.379 e. The molecule has 0 aliphatic carbocycles. The molecule has 0 spiro atoms. The van der Waals surface area contributed by atoms with Gasteiger partial charge in [-0.3, -0.25) is 5.10 Å². The first kappa shape index (κ1) is 14.0. The lowest BCUT2D eigenvalue weighted by Crippen LogP contribution is -2.50. The van der Waals surface area contributed by atoms with Gasteiger partial charge < -0.3 is 4.74 Å². The number of aromatic nitrogens is 2. The van der Waals surface area contributed by atoms with Crippen LogP contribution in [0.5, 0.6) is 0 Å². The maximum absolute atomic E-state index is 12.8. The minimum Gasteiger partial charge on any atom is -0.379 e. The molecule has 2 aliphatic rings. The number of ether oxygens (including phenoxy) is 1. The van der Waals surface area contributed by atoms with Crippen LogP contribution in [0.15, 0.2) is 12.3 Å². The topological polar surface area (TPSA) is 78.5 Å². The highest BCUT2D eigenvalue weighted by Crippen LogP contribution is 2.33. The van der Waals surface area contributed by atoms with Crippen LogP contribution in [-0.2, 0) is 14.9 Å². The molecule has 1 unspecified atom stereocenters. The van der Waals surface area contributed by atoms with Crippen LogP contribution >= 0.6 is 0 Å². The van der Waals surface area contributed by atoms with Crippen molar-refractivity contribution in [3.63, 3.8) is 0 Å². The normalized spacial score (nSPS) is 26.7. The smallest absolute Gasteiger partial charge is 0.282 e. The summed E-state index contributed by atoms with van der Waals surface area (Å²) in [5.74, 6) is 0. The molecule has 0 amide bonds. The van der Waals surface area contributed by atoms with Gasteiger partial charge in [-0.25, -0.2) is 0 Å². The van der Waals surface area contributed by atoms with Crippen molar-refractivity contribution in [1.29, 1.82) is 0 Å². The molecule has 8 heteroatoms. The second-order valence-corrected chi connectivity index (χ2v) is 7.03. The molecule has 2 fully saturated rings. The first-order chi connectivity index (χ1) is 9.69. The van der Waals surface area contributed by atoms with Crippen LogP contribution in [0, 0.1) is 0 Å². The fraction of sp³-hybridized carbons (Fsp3) is 0.750. The van der Waals surface area contributed by atoms with E-state index < -0.39 is 10.2 Å². The molecule has 20 heavy (non-hydrogen) atoms. The van der Waals surface area contributed by atoms with Crippen LogP contribution in [0.3, 0.4) is 0 Å². The van der Waals surface area contributed by atoms with Gasteiger partial charge in [-0.15, -0.1) is 0 Å². The Kier molecular flexibility index (Phi) is 4.06. The third-order valence-electron chi connectivity index (χ3n) is 3.93. The fourth-order valence-corrected chi connectivity index (χ4v) is 4.68. The standard InChI is InChI=1S/C12H20N4O3S/c17-20(18,15-7-9-19-10-8-15)16-6-2-1-3-12(16)11-4-5-13-14-11/h4-5,12H,1-3,6-10H2,(H,13,14). The summed E-state index contributed by atoms with van der Waals surface area (Å²) >= 11 is 0. The summed E-state index contributed by atoms with van der Waals surface area (Å²) in [5.41, 5.74) is 0.876. The van der Waals surface area contributed by atoms with E-state index in [-0.39, 0.29) is 6.04 Å². The molecule has 0 saturated carbocycles. The molecular weight excluding hydrogens is 280 g/mol. The minimum atomic E-state index is -3.42. The average molecular weight is 300 g/mol. The van der Waals surface area contributed by atoms with Gasteiger partial charge in [0.15, 0.2) is 0 Å². The summed E-state index contributed by atoms with van der Waals surface area (Å²) in [6, 6.07) is 1.73. The van der Waals surface area contributed by atoms with Crippen LogP contribution in [0.2, 0.25) is 0 Å². The van der Waals surface area contributed by atoms with Gasteiger partial charge in [-0.05, 0) is 18.9 Å². The van der Waals surface area contributed by atoms with Gasteiger partial charge in [0.25, 0.3) is 10.2 Å². The van der Waals surface area contributed by atoms with Crippen molar-refractivity contribution in [3.8, 4) is 0 Å². The Balaban J connectivity index is 1.85. The summed E-state index contributed by atoms with van der Waals surface area (Å²) in [5, 5.41) is 6.86. The van der Waals surface area contributed by atoms with Gasteiger partial charge in [0.2, 0.25) is 0 Å². The lowest BCUT2D eigenvalue weighted by molar-refractivity contribution is 0.0681. The van der Waals surface area contributed by atoms with Gasteiger partial charge in [-0.2, -0.15) is 22.1 Å². The average Bonchev–Trinajstić information content (AvgIpc) is 3.02. The summed E-state index contributed by atoms with van der Waals surface area (Å²) in [7, 11) is -3.42. The van der Waals surface area contributed by atoms with E-state index in [0.29, 0.717) is 32.8 Å². The molecule has 3 rings (SSSR count). The van der Waals surface area contributed by atoms with Crippen molar-refractivity contribution in [2.75, 3.05) is 32.8 Å². The zero-order chi connectivity index (χ0) is 14.0. The molecule has 0 radical (unpaired) electrons. The van der Waals surface area contributed by atoms with Crippen LogP contribution in [-0.4, -0.2) is 60.1 Å². The lowest BCUT2D eigenvalue weighted by atomic mass is 10.0. The van der Waals surface area contributed by atoms with Crippen LogP contribution < -0.4 is 0 Å². The Hall–Kier alpha value is -0.960. The number of aromatic amines is 1. The second kappa shape index (κ2) is 5.80. The SMILES string of the molecule is O=S(=O)(N1CCOCC1)N1CCCCC1c1ccn[nH]1. The predicted octanol–water partition coefficient (Wildman–Crippen LogP) is 0.514. The molecular formula is C12H20N4O3S. The molecule has 1 aromatic rings. The fourth-order valence-electron chi connectivity index (χ4n) is 2.87. The molecule has 2 aliphatic heterocycles. The summed E-state index contributed by atoms with van der Waals surface area (Å²) in [4.78, 5) is 0. The second-order valence-electron chi connectivity index (χ2n) is 5.15. The number of rotatable bonds is 3. The number of morpholine rings is 1. The number of nitrogens with one attached hydrogen (secondary N) is 1. The number of piperidine rings is 1. The summed E-state index contributed by atoms with van der Waals surface area (Å²) in [6.45, 7) is 2.40. The van der Waals surface area contributed by atoms with Crippen molar-refractivity contribution in [1.82, 2.24) is 18.8 Å². The highest BCUT2D eigenvalue weighted by Gasteiger charge is 2.38. The first-order valence-electron chi connectivity index (χ1n) is 7.03. The molecule has 0 aromatic carbocycles. The first-order valence-corrected chi connectivity index (χ1v) is 8.43. The number of nitrogens with zero attached hydrogens (tertiary/aromatic N) is 3. The Morgan fingerprint density at radius 2 is 2.05 bits per heavy atom. The quantitative estimate of drug-likeness (QED) is 0.882. The van der Waals surface area contributed by atoms with Gasteiger partial charge in [-0.1, -0.05) is 6.42 Å². The van der Waals surface area contributed by atoms with E-state index in [4.69, 9.17) is 4.74 Å². The number of H-pyrrole nitrogens is 1. The van der Waals surface area contributed by atoms with E-state index in [9.17, 15) is 8.42 Å². The Bertz CT molecular complexity index is 525. The highest BCUT2D eigenvalue weighted by atomic mass is 32.2. The van der Waals surface area contributed by atoms with Crippen molar-refractivity contribution in [2.45, 2.75) is 25.3 Å². The van der Waals surface area contributed by atoms with Gasteiger partial charge >= 0.3 is 0 Å². The van der Waals surface area contributed by atoms with E-state index in [1.165, 1.54) is 4.31 Å². The van der Waals surface area contributed by atoms with Crippen LogP contribution in [0.1, 0.15) is 31.0 Å². The molecule has 112 valence electrons. The maximum Gasteiger partial charge on any atom is 0.282 e. The zero-order valence-electron chi connectivity index (χ0n) is 11.4. The van der Waals surface area contributed by atoms with Crippen LogP contribution in [0.25, 0.3) is 0 Å². The van der Waals surface area contributed by atoms with Gasteiger partial charge in [0, 0.05) is 25.8 Å². The van der Waals surface area contributed by atoms with Crippen LogP contribution in [0.4, 0.5) is 0 Å². The molecule has 3 heterocycles. The third-order valence-corrected chi connectivity index (χ3v) is 5.98. The monoisotopic (exact) mass is 300 g/mol. The maximum atomic E-state index is 12.8.